The molecule has 4 rings (SSSR count). The van der Waals surface area contributed by atoms with Gasteiger partial charge in [-0.15, -0.1) is 0 Å². The predicted octanol–water partition coefficient (Wildman–Crippen LogP) is 5.71. The Morgan fingerprint density at radius 3 is 2.63 bits per heavy atom. The van der Waals surface area contributed by atoms with E-state index in [1.165, 1.54) is 12.1 Å². The van der Waals surface area contributed by atoms with Gasteiger partial charge in [0.2, 0.25) is 0 Å². The zero-order valence-electron chi connectivity index (χ0n) is 14.2. The minimum atomic E-state index is -1.00. The van der Waals surface area contributed by atoms with Crippen LogP contribution in [0.3, 0.4) is 0 Å². The Morgan fingerprint density at radius 1 is 1.04 bits per heavy atom. The number of rotatable bonds is 4. The average molecular weight is 380 g/mol. The van der Waals surface area contributed by atoms with Crippen molar-refractivity contribution in [1.82, 2.24) is 4.57 Å². The van der Waals surface area contributed by atoms with Crippen molar-refractivity contribution in [2.24, 2.45) is 0 Å². The van der Waals surface area contributed by atoms with Crippen molar-refractivity contribution in [1.29, 1.82) is 0 Å². The van der Waals surface area contributed by atoms with E-state index < -0.39 is 5.97 Å². The molecule has 1 N–H and O–H groups in total. The standard InChI is InChI=1S/C22H15ClFNO2/c23-17-7-6-15(18(13-17)22(26)27)11-14-5-8-20-16(12-14)9-10-25(20)21-4-2-1-3-19(21)24/h1-10,12-13H,11H2,(H,26,27). The predicted molar refractivity (Wildman–Crippen MR) is 104 cm³/mol. The third-order valence-corrected chi connectivity index (χ3v) is 4.80. The van der Waals surface area contributed by atoms with Gasteiger partial charge in [0.05, 0.1) is 16.8 Å². The lowest BCUT2D eigenvalue weighted by molar-refractivity contribution is 0.0696. The third-order valence-electron chi connectivity index (χ3n) is 4.56. The first-order chi connectivity index (χ1) is 13.0. The number of halogens is 2. The number of para-hydroxylation sites is 1. The lowest BCUT2D eigenvalue weighted by Gasteiger charge is -2.09. The van der Waals surface area contributed by atoms with Crippen LogP contribution in [0.1, 0.15) is 21.5 Å². The van der Waals surface area contributed by atoms with Crippen LogP contribution in [0.25, 0.3) is 16.6 Å². The lowest BCUT2D eigenvalue weighted by atomic mass is 9.99. The summed E-state index contributed by atoms with van der Waals surface area (Å²) in [7, 11) is 0. The van der Waals surface area contributed by atoms with Crippen LogP contribution in [0.2, 0.25) is 5.02 Å². The summed E-state index contributed by atoms with van der Waals surface area (Å²) in [6.45, 7) is 0. The summed E-state index contributed by atoms with van der Waals surface area (Å²) in [5.74, 6) is -1.29. The number of benzene rings is 3. The molecule has 4 aromatic rings. The van der Waals surface area contributed by atoms with Crippen LogP contribution in [0, 0.1) is 5.82 Å². The summed E-state index contributed by atoms with van der Waals surface area (Å²) in [5, 5.41) is 10.8. The van der Waals surface area contributed by atoms with Gasteiger partial charge in [-0.3, -0.25) is 0 Å². The maximum absolute atomic E-state index is 14.1. The highest BCUT2D eigenvalue weighted by Crippen LogP contribution is 2.25. The Bertz CT molecular complexity index is 1170. The number of nitrogens with zero attached hydrogens (tertiary/aromatic N) is 1. The molecule has 3 nitrogen and oxygen atoms in total. The fourth-order valence-electron chi connectivity index (χ4n) is 3.28. The van der Waals surface area contributed by atoms with E-state index in [-0.39, 0.29) is 11.4 Å². The van der Waals surface area contributed by atoms with Gasteiger partial charge in [-0.25, -0.2) is 9.18 Å². The Kier molecular flexibility index (Phi) is 4.42. The molecule has 0 aliphatic rings. The highest BCUT2D eigenvalue weighted by Gasteiger charge is 2.13. The van der Waals surface area contributed by atoms with Gasteiger partial charge >= 0.3 is 5.97 Å². The lowest BCUT2D eigenvalue weighted by Crippen LogP contribution is -2.03. The van der Waals surface area contributed by atoms with Crippen LogP contribution >= 0.6 is 11.6 Å². The highest BCUT2D eigenvalue weighted by molar-refractivity contribution is 6.31. The molecule has 0 amide bonds. The molecule has 5 heteroatoms. The quantitative estimate of drug-likeness (QED) is 0.493. The van der Waals surface area contributed by atoms with Crippen molar-refractivity contribution in [3.8, 4) is 5.69 Å². The van der Waals surface area contributed by atoms with E-state index in [1.54, 1.807) is 34.9 Å². The molecule has 0 saturated carbocycles. The van der Waals surface area contributed by atoms with E-state index in [0.717, 1.165) is 16.5 Å². The van der Waals surface area contributed by atoms with E-state index in [2.05, 4.69) is 0 Å². The number of aromatic carboxylic acids is 1. The average Bonchev–Trinajstić information content (AvgIpc) is 3.06. The van der Waals surface area contributed by atoms with Gasteiger partial charge in [0.1, 0.15) is 5.82 Å². The number of hydrogen-bond donors (Lipinski definition) is 1. The molecule has 1 aromatic heterocycles. The highest BCUT2D eigenvalue weighted by atomic mass is 35.5. The van der Waals surface area contributed by atoms with Gasteiger partial charge < -0.3 is 9.67 Å². The fraction of sp³-hybridized carbons (Fsp3) is 0.0455. The van der Waals surface area contributed by atoms with Gasteiger partial charge in [-0.05, 0) is 60.0 Å². The van der Waals surface area contributed by atoms with Crippen molar-refractivity contribution in [2.45, 2.75) is 6.42 Å². The summed E-state index contributed by atoms with van der Waals surface area (Å²) in [6.07, 6.45) is 2.30. The summed E-state index contributed by atoms with van der Waals surface area (Å²) >= 11 is 5.92. The van der Waals surface area contributed by atoms with E-state index in [0.29, 0.717) is 22.7 Å². The van der Waals surface area contributed by atoms with Crippen molar-refractivity contribution in [3.63, 3.8) is 0 Å². The molecule has 0 spiro atoms. The van der Waals surface area contributed by atoms with Crippen LogP contribution in [-0.4, -0.2) is 15.6 Å². The molecule has 0 unspecified atom stereocenters. The summed E-state index contributed by atoms with van der Waals surface area (Å²) in [6, 6.07) is 19.3. The fourth-order valence-corrected chi connectivity index (χ4v) is 3.45. The Hall–Kier alpha value is -3.11. The smallest absolute Gasteiger partial charge is 0.336 e. The van der Waals surface area contributed by atoms with Gasteiger partial charge in [-0.1, -0.05) is 35.9 Å². The number of carboxylic acid groups (broad SMARTS) is 1. The van der Waals surface area contributed by atoms with Crippen LogP contribution in [0.5, 0.6) is 0 Å². The Labute approximate surface area is 160 Å². The zero-order chi connectivity index (χ0) is 19.0. The number of aromatic nitrogens is 1. The number of fused-ring (bicyclic) bond motifs is 1. The van der Waals surface area contributed by atoms with Crippen LogP contribution < -0.4 is 0 Å². The Balaban J connectivity index is 1.72. The molecule has 0 saturated heterocycles. The summed E-state index contributed by atoms with van der Waals surface area (Å²) in [4.78, 5) is 11.5. The van der Waals surface area contributed by atoms with Gasteiger partial charge in [0.15, 0.2) is 0 Å². The van der Waals surface area contributed by atoms with Gasteiger partial charge in [0, 0.05) is 16.6 Å². The maximum Gasteiger partial charge on any atom is 0.336 e. The topological polar surface area (TPSA) is 42.2 Å². The van der Waals surface area contributed by atoms with Crippen LogP contribution in [0.4, 0.5) is 4.39 Å². The number of hydrogen-bond acceptors (Lipinski definition) is 1. The molecule has 0 bridgehead atoms. The van der Waals surface area contributed by atoms with E-state index >= 15 is 0 Å². The zero-order valence-corrected chi connectivity index (χ0v) is 14.9. The molecule has 0 radical (unpaired) electrons. The first kappa shape index (κ1) is 17.3. The Morgan fingerprint density at radius 2 is 1.85 bits per heavy atom. The molecule has 0 fully saturated rings. The maximum atomic E-state index is 14.1. The third kappa shape index (κ3) is 3.32. The van der Waals surface area contributed by atoms with Gasteiger partial charge in [0.25, 0.3) is 0 Å². The SMILES string of the molecule is O=C(O)c1cc(Cl)ccc1Cc1ccc2c(ccn2-c2ccccc2F)c1. The largest absolute Gasteiger partial charge is 0.478 e. The van der Waals surface area contributed by atoms with Crippen LogP contribution in [0.15, 0.2) is 72.9 Å². The molecule has 3 aromatic carbocycles. The normalized spacial score (nSPS) is 11.0. The molecule has 27 heavy (non-hydrogen) atoms. The van der Waals surface area contributed by atoms with E-state index in [9.17, 15) is 14.3 Å². The molecular weight excluding hydrogens is 365 g/mol. The molecule has 0 aliphatic carbocycles. The molecular formula is C22H15ClFNO2. The molecule has 0 atom stereocenters. The van der Waals surface area contributed by atoms with Crippen molar-refractivity contribution >= 4 is 28.5 Å². The van der Waals surface area contributed by atoms with Crippen molar-refractivity contribution in [3.05, 3.63) is 100 Å². The van der Waals surface area contributed by atoms with Crippen molar-refractivity contribution < 1.29 is 14.3 Å². The van der Waals surface area contributed by atoms with Gasteiger partial charge in [-0.2, -0.15) is 0 Å². The van der Waals surface area contributed by atoms with Crippen molar-refractivity contribution in [2.75, 3.05) is 0 Å². The summed E-state index contributed by atoms with van der Waals surface area (Å²) in [5.41, 5.74) is 3.24. The minimum Gasteiger partial charge on any atom is -0.478 e. The second-order valence-corrected chi connectivity index (χ2v) is 6.75. The van der Waals surface area contributed by atoms with E-state index in [4.69, 9.17) is 11.6 Å². The number of carbonyl (C=O) groups is 1. The molecule has 0 aliphatic heterocycles. The monoisotopic (exact) mass is 379 g/mol. The first-order valence-corrected chi connectivity index (χ1v) is 8.77. The first-order valence-electron chi connectivity index (χ1n) is 8.39. The van der Waals surface area contributed by atoms with Crippen LogP contribution in [-0.2, 0) is 6.42 Å². The molecule has 1 heterocycles. The second-order valence-electron chi connectivity index (χ2n) is 6.31. The minimum absolute atomic E-state index is 0.200. The summed E-state index contributed by atoms with van der Waals surface area (Å²) < 4.78 is 15.9. The number of carboxylic acids is 1. The molecule has 134 valence electrons. The second kappa shape index (κ2) is 6.89. The van der Waals surface area contributed by atoms with E-state index in [1.807, 2.05) is 30.5 Å².